The van der Waals surface area contributed by atoms with Gasteiger partial charge in [-0.25, -0.2) is 13.8 Å². The van der Waals surface area contributed by atoms with Gasteiger partial charge in [0.05, 0.1) is 16.3 Å². The molecule has 4 rings (SSSR count). The van der Waals surface area contributed by atoms with Crippen LogP contribution in [-0.2, 0) is 4.84 Å². The lowest BCUT2D eigenvalue weighted by Gasteiger charge is -2.20. The summed E-state index contributed by atoms with van der Waals surface area (Å²) in [4.78, 5) is 9.96. The maximum Gasteiger partial charge on any atom is 0.164 e. The topological polar surface area (TPSA) is 72.5 Å². The minimum atomic E-state index is -0.792. The first-order chi connectivity index (χ1) is 12.1. The van der Waals surface area contributed by atoms with Crippen molar-refractivity contribution < 1.29 is 13.6 Å². The number of hydrogen-bond donors (Lipinski definition) is 2. The standard InChI is InChI=1S/C17H18F2N4OS/c18-11-5-10(20)6-12(19)16(11)15-7-13(23-24-15)14-8-25-17(22-14)9-1-3-21-4-2-9/h5-6,8-9,15,21H,1-4,7,20H2. The summed E-state index contributed by atoms with van der Waals surface area (Å²) in [6.45, 7) is 2.00. The molecule has 2 aliphatic heterocycles. The predicted octanol–water partition coefficient (Wildman–Crippen LogP) is 3.34. The van der Waals surface area contributed by atoms with Crippen LogP contribution in [0.25, 0.3) is 0 Å². The van der Waals surface area contributed by atoms with Gasteiger partial charge in [-0.15, -0.1) is 11.3 Å². The van der Waals surface area contributed by atoms with E-state index in [1.807, 2.05) is 5.38 Å². The molecule has 1 atom stereocenters. The number of hydrogen-bond acceptors (Lipinski definition) is 6. The third-order valence-electron chi connectivity index (χ3n) is 4.60. The molecule has 3 N–H and O–H groups in total. The quantitative estimate of drug-likeness (QED) is 0.820. The Morgan fingerprint density at radius 1 is 1.20 bits per heavy atom. The second-order valence-corrected chi connectivity index (χ2v) is 7.22. The summed E-state index contributed by atoms with van der Waals surface area (Å²) >= 11 is 1.61. The number of thiazole rings is 1. The number of nitrogens with two attached hydrogens (primary N) is 1. The number of halogens is 2. The van der Waals surface area contributed by atoms with Crippen LogP contribution in [0, 0.1) is 11.6 Å². The zero-order chi connectivity index (χ0) is 17.4. The van der Waals surface area contributed by atoms with E-state index in [4.69, 9.17) is 10.6 Å². The second-order valence-electron chi connectivity index (χ2n) is 6.33. The highest BCUT2D eigenvalue weighted by Crippen LogP contribution is 2.35. The van der Waals surface area contributed by atoms with Crippen molar-refractivity contribution in [3.05, 3.63) is 45.4 Å². The summed E-state index contributed by atoms with van der Waals surface area (Å²) in [7, 11) is 0. The van der Waals surface area contributed by atoms with Crippen molar-refractivity contribution in [3.63, 3.8) is 0 Å². The van der Waals surface area contributed by atoms with Crippen LogP contribution in [0.5, 0.6) is 0 Å². The fourth-order valence-corrected chi connectivity index (χ4v) is 4.27. The van der Waals surface area contributed by atoms with Gasteiger partial charge in [-0.1, -0.05) is 5.16 Å². The van der Waals surface area contributed by atoms with E-state index in [1.54, 1.807) is 11.3 Å². The third-order valence-corrected chi connectivity index (χ3v) is 5.61. The van der Waals surface area contributed by atoms with E-state index in [9.17, 15) is 8.78 Å². The maximum absolute atomic E-state index is 14.1. The Balaban J connectivity index is 1.50. The highest BCUT2D eigenvalue weighted by molar-refractivity contribution is 7.09. The maximum atomic E-state index is 14.1. The zero-order valence-corrected chi connectivity index (χ0v) is 14.3. The molecule has 0 radical (unpaired) electrons. The monoisotopic (exact) mass is 364 g/mol. The van der Waals surface area contributed by atoms with Gasteiger partial charge in [0.25, 0.3) is 0 Å². The lowest BCUT2D eigenvalue weighted by Crippen LogP contribution is -2.26. The van der Waals surface area contributed by atoms with E-state index in [1.165, 1.54) is 0 Å². The highest BCUT2D eigenvalue weighted by atomic mass is 32.1. The lowest BCUT2D eigenvalue weighted by molar-refractivity contribution is 0.0800. The van der Waals surface area contributed by atoms with Crippen molar-refractivity contribution in [3.8, 4) is 0 Å². The Morgan fingerprint density at radius 2 is 1.92 bits per heavy atom. The average molecular weight is 364 g/mol. The summed E-state index contributed by atoms with van der Waals surface area (Å²) in [5, 5.41) is 10.4. The van der Waals surface area contributed by atoms with E-state index in [0.717, 1.165) is 48.8 Å². The first-order valence-electron chi connectivity index (χ1n) is 8.25. The molecular formula is C17H18F2N4OS. The molecule has 0 aliphatic carbocycles. The number of aromatic nitrogens is 1. The lowest BCUT2D eigenvalue weighted by atomic mass is 9.99. The van der Waals surface area contributed by atoms with Gasteiger partial charge in [-0.3, -0.25) is 0 Å². The van der Waals surface area contributed by atoms with Crippen molar-refractivity contribution in [2.75, 3.05) is 18.8 Å². The van der Waals surface area contributed by atoms with Gasteiger partial charge in [0.15, 0.2) is 6.10 Å². The number of anilines is 1. The predicted molar refractivity (Wildman–Crippen MR) is 92.7 cm³/mol. The van der Waals surface area contributed by atoms with Gasteiger partial charge in [-0.05, 0) is 38.1 Å². The average Bonchev–Trinajstić information content (AvgIpc) is 3.24. The van der Waals surface area contributed by atoms with Gasteiger partial charge in [0, 0.05) is 23.4 Å². The second kappa shape index (κ2) is 6.68. The molecule has 0 bridgehead atoms. The first-order valence-corrected chi connectivity index (χ1v) is 9.13. The molecule has 5 nitrogen and oxygen atoms in total. The molecule has 0 spiro atoms. The Kier molecular flexibility index (Phi) is 4.39. The molecule has 1 aromatic heterocycles. The molecular weight excluding hydrogens is 346 g/mol. The highest BCUT2D eigenvalue weighted by Gasteiger charge is 2.31. The van der Waals surface area contributed by atoms with E-state index in [2.05, 4.69) is 15.5 Å². The van der Waals surface area contributed by atoms with Crippen LogP contribution < -0.4 is 11.1 Å². The minimum Gasteiger partial charge on any atom is -0.399 e. The molecule has 1 fully saturated rings. The molecule has 2 aliphatic rings. The Hall–Kier alpha value is -2.06. The molecule has 3 heterocycles. The van der Waals surface area contributed by atoms with Gasteiger partial charge in [0.1, 0.15) is 17.3 Å². The van der Waals surface area contributed by atoms with Crippen LogP contribution in [0.2, 0.25) is 0 Å². The van der Waals surface area contributed by atoms with Crippen LogP contribution >= 0.6 is 11.3 Å². The molecule has 8 heteroatoms. The number of rotatable bonds is 3. The largest absolute Gasteiger partial charge is 0.399 e. The molecule has 1 saturated heterocycles. The SMILES string of the molecule is Nc1cc(F)c(C2CC(c3csc(C4CCNCC4)n3)=NO2)c(F)c1. The number of piperidine rings is 1. The molecule has 25 heavy (non-hydrogen) atoms. The molecule has 1 unspecified atom stereocenters. The molecule has 132 valence electrons. The molecule has 1 aromatic carbocycles. The van der Waals surface area contributed by atoms with Crippen LogP contribution in [-0.4, -0.2) is 23.8 Å². The van der Waals surface area contributed by atoms with Gasteiger partial charge in [-0.2, -0.15) is 0 Å². The first kappa shape index (κ1) is 16.4. The van der Waals surface area contributed by atoms with E-state index in [-0.39, 0.29) is 17.7 Å². The molecule has 0 saturated carbocycles. The number of nitrogen functional groups attached to an aromatic ring is 1. The third kappa shape index (κ3) is 3.23. The molecule has 2 aromatic rings. The summed E-state index contributed by atoms with van der Waals surface area (Å²) in [5.74, 6) is -0.967. The summed E-state index contributed by atoms with van der Waals surface area (Å²) in [6, 6.07) is 2.19. The fraction of sp³-hybridized carbons (Fsp3) is 0.412. The van der Waals surface area contributed by atoms with Crippen molar-refractivity contribution in [1.82, 2.24) is 10.3 Å². The fourth-order valence-electron chi connectivity index (χ4n) is 3.27. The van der Waals surface area contributed by atoms with Crippen molar-refractivity contribution in [1.29, 1.82) is 0 Å². The number of nitrogens with zero attached hydrogens (tertiary/aromatic N) is 2. The van der Waals surface area contributed by atoms with Crippen LogP contribution in [0.15, 0.2) is 22.7 Å². The van der Waals surface area contributed by atoms with E-state index < -0.39 is 17.7 Å². The van der Waals surface area contributed by atoms with Gasteiger partial charge >= 0.3 is 0 Å². The summed E-state index contributed by atoms with van der Waals surface area (Å²) < 4.78 is 28.1. The molecule has 0 amide bonds. The Morgan fingerprint density at radius 3 is 2.64 bits per heavy atom. The minimum absolute atomic E-state index is 0.0454. The summed E-state index contributed by atoms with van der Waals surface area (Å²) in [5.41, 5.74) is 6.72. The van der Waals surface area contributed by atoms with Crippen LogP contribution in [0.1, 0.15) is 47.5 Å². The number of nitrogens with one attached hydrogen (secondary N) is 1. The van der Waals surface area contributed by atoms with Crippen molar-refractivity contribution in [2.45, 2.75) is 31.3 Å². The van der Waals surface area contributed by atoms with Crippen molar-refractivity contribution in [2.24, 2.45) is 5.16 Å². The summed E-state index contributed by atoms with van der Waals surface area (Å²) in [6.07, 6.45) is 1.63. The number of oxime groups is 1. The Labute approximate surface area is 147 Å². The van der Waals surface area contributed by atoms with Crippen LogP contribution in [0.3, 0.4) is 0 Å². The van der Waals surface area contributed by atoms with Crippen molar-refractivity contribution >= 4 is 22.7 Å². The zero-order valence-electron chi connectivity index (χ0n) is 13.5. The smallest absolute Gasteiger partial charge is 0.164 e. The van der Waals surface area contributed by atoms with E-state index in [0.29, 0.717) is 11.6 Å². The van der Waals surface area contributed by atoms with Gasteiger partial charge < -0.3 is 15.9 Å². The van der Waals surface area contributed by atoms with Crippen LogP contribution in [0.4, 0.5) is 14.5 Å². The van der Waals surface area contributed by atoms with Gasteiger partial charge in [0.2, 0.25) is 0 Å². The Bertz CT molecular complexity index is 794. The normalized spacial score (nSPS) is 21.2. The van der Waals surface area contributed by atoms with E-state index >= 15 is 0 Å². The number of benzene rings is 1.